The highest BCUT2D eigenvalue weighted by molar-refractivity contribution is 5.46. The lowest BCUT2D eigenvalue weighted by atomic mass is 10.1. The van der Waals surface area contributed by atoms with Crippen LogP contribution in [0.5, 0.6) is 11.5 Å². The average Bonchev–Trinajstić information content (AvgIpc) is 2.47. The fourth-order valence-corrected chi connectivity index (χ4v) is 1.75. The van der Waals surface area contributed by atoms with Gasteiger partial charge in [-0.2, -0.15) is 0 Å². The molecule has 0 radical (unpaired) electrons. The zero-order valence-electron chi connectivity index (χ0n) is 10.7. The first-order chi connectivity index (χ1) is 10.0. The number of alkyl halides is 2. The minimum Gasteiger partial charge on any atom is -0.457 e. The number of ether oxygens (including phenoxy) is 1. The molecule has 0 aliphatic carbocycles. The summed E-state index contributed by atoms with van der Waals surface area (Å²) in [6, 6.07) is 9.30. The zero-order chi connectivity index (χ0) is 15.4. The molecule has 0 aromatic heterocycles. The van der Waals surface area contributed by atoms with Crippen LogP contribution in [-0.2, 0) is 6.61 Å². The van der Waals surface area contributed by atoms with Crippen molar-refractivity contribution in [2.45, 2.75) is 13.0 Å². The lowest BCUT2D eigenvalue weighted by Gasteiger charge is -2.11. The summed E-state index contributed by atoms with van der Waals surface area (Å²) < 4.78 is 31.3. The van der Waals surface area contributed by atoms with Gasteiger partial charge >= 0.3 is 0 Å². The van der Waals surface area contributed by atoms with Gasteiger partial charge in [0.05, 0.1) is 17.1 Å². The van der Waals surface area contributed by atoms with Crippen molar-refractivity contribution >= 4 is 5.69 Å². The van der Waals surface area contributed by atoms with E-state index in [1.54, 1.807) is 12.1 Å². The predicted octanol–water partition coefficient (Wildman–Crippen LogP) is 3.82. The standard InChI is InChI=1S/C14H11F2NO4/c15-14(16)12-7-10(17(19)20)4-5-13(12)21-11-3-1-2-9(6-11)8-18/h1-7,14,18H,8H2. The Morgan fingerprint density at radius 1 is 1.24 bits per heavy atom. The van der Waals surface area contributed by atoms with Crippen LogP contribution in [0.25, 0.3) is 0 Å². The molecule has 0 saturated carbocycles. The number of hydrogen-bond acceptors (Lipinski definition) is 4. The van der Waals surface area contributed by atoms with Gasteiger partial charge in [-0.3, -0.25) is 10.1 Å². The number of aliphatic hydroxyl groups excluding tert-OH is 1. The van der Waals surface area contributed by atoms with E-state index in [2.05, 4.69) is 0 Å². The number of aliphatic hydroxyl groups is 1. The molecule has 0 amide bonds. The first-order valence-corrected chi connectivity index (χ1v) is 5.95. The summed E-state index contributed by atoms with van der Waals surface area (Å²) >= 11 is 0. The molecule has 2 rings (SSSR count). The number of nitro groups is 1. The molecule has 0 atom stereocenters. The Labute approximate surface area is 118 Å². The first-order valence-electron chi connectivity index (χ1n) is 5.95. The van der Waals surface area contributed by atoms with Gasteiger partial charge in [-0.05, 0) is 23.8 Å². The third kappa shape index (κ3) is 3.51. The highest BCUT2D eigenvalue weighted by Gasteiger charge is 2.19. The normalized spacial score (nSPS) is 10.7. The molecule has 0 fully saturated rings. The van der Waals surface area contributed by atoms with Crippen LogP contribution >= 0.6 is 0 Å². The molecular weight excluding hydrogens is 284 g/mol. The summed E-state index contributed by atoms with van der Waals surface area (Å²) in [5, 5.41) is 19.6. The van der Waals surface area contributed by atoms with E-state index in [9.17, 15) is 18.9 Å². The van der Waals surface area contributed by atoms with Crippen LogP contribution < -0.4 is 4.74 Å². The Morgan fingerprint density at radius 2 is 2.00 bits per heavy atom. The molecule has 1 N–H and O–H groups in total. The molecule has 7 heteroatoms. The van der Waals surface area contributed by atoms with Crippen molar-refractivity contribution in [1.82, 2.24) is 0 Å². The predicted molar refractivity (Wildman–Crippen MR) is 70.5 cm³/mol. The van der Waals surface area contributed by atoms with Gasteiger partial charge in [-0.25, -0.2) is 8.78 Å². The summed E-state index contributed by atoms with van der Waals surface area (Å²) in [5.41, 5.74) is -0.423. The fraction of sp³-hybridized carbons (Fsp3) is 0.143. The second-order valence-corrected chi connectivity index (χ2v) is 4.19. The fourth-order valence-electron chi connectivity index (χ4n) is 1.75. The lowest BCUT2D eigenvalue weighted by molar-refractivity contribution is -0.385. The molecule has 0 spiro atoms. The van der Waals surface area contributed by atoms with Gasteiger partial charge in [-0.1, -0.05) is 12.1 Å². The van der Waals surface area contributed by atoms with Crippen LogP contribution in [0.2, 0.25) is 0 Å². The number of nitro benzene ring substituents is 1. The second kappa shape index (κ2) is 6.27. The van der Waals surface area contributed by atoms with Crippen LogP contribution in [0.4, 0.5) is 14.5 Å². The lowest BCUT2D eigenvalue weighted by Crippen LogP contribution is -1.96. The highest BCUT2D eigenvalue weighted by atomic mass is 19.3. The SMILES string of the molecule is O=[N+]([O-])c1ccc(Oc2cccc(CO)c2)c(C(F)F)c1. The average molecular weight is 295 g/mol. The van der Waals surface area contributed by atoms with E-state index in [0.29, 0.717) is 5.56 Å². The third-order valence-corrected chi connectivity index (χ3v) is 2.75. The van der Waals surface area contributed by atoms with E-state index >= 15 is 0 Å². The molecule has 2 aromatic carbocycles. The number of rotatable bonds is 5. The zero-order valence-corrected chi connectivity index (χ0v) is 10.7. The number of halogens is 2. The maximum Gasteiger partial charge on any atom is 0.270 e. The molecular formula is C14H11F2NO4. The molecule has 0 bridgehead atoms. The smallest absolute Gasteiger partial charge is 0.270 e. The van der Waals surface area contributed by atoms with Crippen molar-refractivity contribution in [1.29, 1.82) is 0 Å². The second-order valence-electron chi connectivity index (χ2n) is 4.19. The van der Waals surface area contributed by atoms with E-state index < -0.39 is 22.6 Å². The van der Waals surface area contributed by atoms with Gasteiger partial charge < -0.3 is 9.84 Å². The van der Waals surface area contributed by atoms with Crippen molar-refractivity contribution in [2.75, 3.05) is 0 Å². The maximum atomic E-state index is 13.0. The summed E-state index contributed by atoms with van der Waals surface area (Å²) in [5.74, 6) is 0.1000. The minimum absolute atomic E-state index is 0.161. The Morgan fingerprint density at radius 3 is 2.62 bits per heavy atom. The molecule has 0 aliphatic heterocycles. The van der Waals surface area contributed by atoms with Crippen molar-refractivity contribution in [3.8, 4) is 11.5 Å². The molecule has 0 heterocycles. The highest BCUT2D eigenvalue weighted by Crippen LogP contribution is 2.35. The van der Waals surface area contributed by atoms with Gasteiger partial charge in [0.25, 0.3) is 12.1 Å². The summed E-state index contributed by atoms with van der Waals surface area (Å²) in [7, 11) is 0. The van der Waals surface area contributed by atoms with Crippen LogP contribution in [0, 0.1) is 10.1 Å². The number of nitrogens with zero attached hydrogens (tertiary/aromatic N) is 1. The van der Waals surface area contributed by atoms with E-state index in [1.165, 1.54) is 12.1 Å². The van der Waals surface area contributed by atoms with Gasteiger partial charge in [-0.15, -0.1) is 0 Å². The Balaban J connectivity index is 2.36. The van der Waals surface area contributed by atoms with Crippen LogP contribution in [0.15, 0.2) is 42.5 Å². The van der Waals surface area contributed by atoms with E-state index in [-0.39, 0.29) is 18.1 Å². The van der Waals surface area contributed by atoms with Gasteiger partial charge in [0.15, 0.2) is 0 Å². The van der Waals surface area contributed by atoms with Crippen molar-refractivity contribution in [2.24, 2.45) is 0 Å². The largest absolute Gasteiger partial charge is 0.457 e. The van der Waals surface area contributed by atoms with E-state index in [0.717, 1.165) is 18.2 Å². The third-order valence-electron chi connectivity index (χ3n) is 2.75. The molecule has 0 saturated heterocycles. The van der Waals surface area contributed by atoms with Crippen molar-refractivity contribution < 1.29 is 23.5 Å². The van der Waals surface area contributed by atoms with Gasteiger partial charge in [0, 0.05) is 12.1 Å². The van der Waals surface area contributed by atoms with E-state index in [4.69, 9.17) is 9.84 Å². The summed E-state index contributed by atoms with van der Waals surface area (Å²) in [6.07, 6.45) is -2.90. The Bertz CT molecular complexity index is 661. The molecule has 0 aliphatic rings. The molecule has 110 valence electrons. The van der Waals surface area contributed by atoms with Crippen LogP contribution in [0.1, 0.15) is 17.6 Å². The quantitative estimate of drug-likeness (QED) is 0.672. The number of benzene rings is 2. The number of hydrogen-bond donors (Lipinski definition) is 1. The van der Waals surface area contributed by atoms with Gasteiger partial charge in [0.1, 0.15) is 11.5 Å². The topological polar surface area (TPSA) is 72.6 Å². The molecule has 21 heavy (non-hydrogen) atoms. The van der Waals surface area contributed by atoms with Crippen LogP contribution in [0.3, 0.4) is 0 Å². The number of non-ortho nitro benzene ring substituents is 1. The first kappa shape index (κ1) is 14.9. The van der Waals surface area contributed by atoms with Crippen LogP contribution in [-0.4, -0.2) is 10.0 Å². The van der Waals surface area contributed by atoms with Crippen molar-refractivity contribution in [3.05, 3.63) is 63.7 Å². The summed E-state index contributed by atoms with van der Waals surface area (Å²) in [4.78, 5) is 9.87. The van der Waals surface area contributed by atoms with E-state index in [1.807, 2.05) is 0 Å². The van der Waals surface area contributed by atoms with Crippen molar-refractivity contribution in [3.63, 3.8) is 0 Å². The molecule has 2 aromatic rings. The van der Waals surface area contributed by atoms with Gasteiger partial charge in [0.2, 0.25) is 0 Å². The Hall–Kier alpha value is -2.54. The maximum absolute atomic E-state index is 13.0. The Kier molecular flexibility index (Phi) is 4.44. The minimum atomic E-state index is -2.90. The summed E-state index contributed by atoms with van der Waals surface area (Å²) in [6.45, 7) is -0.209. The molecule has 5 nitrogen and oxygen atoms in total. The molecule has 0 unspecified atom stereocenters. The monoisotopic (exact) mass is 295 g/mol.